The molecule has 0 radical (unpaired) electrons. The first-order chi connectivity index (χ1) is 14.5. The zero-order chi connectivity index (χ0) is 21.5. The third kappa shape index (κ3) is 5.25. The highest BCUT2D eigenvalue weighted by Crippen LogP contribution is 2.23. The minimum absolute atomic E-state index is 0.00890. The van der Waals surface area contributed by atoms with Gasteiger partial charge in [0.2, 0.25) is 0 Å². The lowest BCUT2D eigenvalue weighted by Crippen LogP contribution is -2.29. The van der Waals surface area contributed by atoms with E-state index in [2.05, 4.69) is 15.5 Å². The predicted molar refractivity (Wildman–Crippen MR) is 114 cm³/mol. The molecule has 2 aromatic rings. The lowest BCUT2D eigenvalue weighted by molar-refractivity contribution is -0.384. The van der Waals surface area contributed by atoms with E-state index >= 15 is 0 Å². The lowest BCUT2D eigenvalue weighted by atomic mass is 10.1. The number of nitrogens with one attached hydrogen (secondary N) is 2. The summed E-state index contributed by atoms with van der Waals surface area (Å²) in [7, 11) is 1.58. The number of hydrogen-bond donors (Lipinski definition) is 2. The van der Waals surface area contributed by atoms with Gasteiger partial charge in [-0.05, 0) is 49.6 Å². The average Bonchev–Trinajstić information content (AvgIpc) is 2.78. The van der Waals surface area contributed by atoms with Crippen molar-refractivity contribution in [2.45, 2.75) is 19.3 Å². The Hall–Kier alpha value is -3.62. The summed E-state index contributed by atoms with van der Waals surface area (Å²) in [6.45, 7) is 1.57. The van der Waals surface area contributed by atoms with E-state index in [9.17, 15) is 19.7 Å². The van der Waals surface area contributed by atoms with Crippen LogP contribution in [0.2, 0.25) is 0 Å². The third-order valence-electron chi connectivity index (χ3n) is 4.91. The van der Waals surface area contributed by atoms with Crippen LogP contribution in [-0.4, -0.2) is 43.5 Å². The van der Waals surface area contributed by atoms with Crippen LogP contribution in [0.1, 0.15) is 29.6 Å². The van der Waals surface area contributed by atoms with Crippen molar-refractivity contribution in [1.82, 2.24) is 0 Å². The highest BCUT2D eigenvalue weighted by Gasteiger charge is 2.18. The Morgan fingerprint density at radius 3 is 2.43 bits per heavy atom. The number of carbonyl (C=O) groups excluding carboxylic acids is 2. The molecular weight excluding hydrogens is 388 g/mol. The number of rotatable bonds is 7. The van der Waals surface area contributed by atoms with E-state index in [1.807, 2.05) is 24.3 Å². The number of anilines is 3. The number of amides is 1. The molecule has 1 aliphatic rings. The molecule has 0 aliphatic carbocycles. The summed E-state index contributed by atoms with van der Waals surface area (Å²) in [4.78, 5) is 37.1. The molecule has 0 unspecified atom stereocenters. The Morgan fingerprint density at radius 2 is 1.80 bits per heavy atom. The summed E-state index contributed by atoms with van der Waals surface area (Å²) in [5, 5.41) is 16.4. The maximum Gasteiger partial charge on any atom is 0.341 e. The van der Waals surface area contributed by atoms with Crippen LogP contribution >= 0.6 is 0 Å². The number of hydrogen-bond acceptors (Lipinski definition) is 7. The number of ether oxygens (including phenoxy) is 1. The van der Waals surface area contributed by atoms with Crippen LogP contribution < -0.4 is 15.5 Å². The zero-order valence-electron chi connectivity index (χ0n) is 16.7. The number of benzene rings is 2. The van der Waals surface area contributed by atoms with E-state index in [4.69, 9.17) is 4.74 Å². The Labute approximate surface area is 174 Å². The molecule has 2 aromatic carbocycles. The van der Waals surface area contributed by atoms with Crippen LogP contribution in [0, 0.1) is 10.1 Å². The van der Waals surface area contributed by atoms with Gasteiger partial charge in [0.25, 0.3) is 11.6 Å². The van der Waals surface area contributed by atoms with Crippen LogP contribution in [0.25, 0.3) is 0 Å². The summed E-state index contributed by atoms with van der Waals surface area (Å²) in [6.07, 6.45) is 3.63. The highest BCUT2D eigenvalue weighted by molar-refractivity contribution is 5.99. The largest absolute Gasteiger partial charge is 0.452 e. The molecule has 0 bridgehead atoms. The van der Waals surface area contributed by atoms with Crippen molar-refractivity contribution in [3.63, 3.8) is 0 Å². The second-order valence-corrected chi connectivity index (χ2v) is 6.96. The van der Waals surface area contributed by atoms with Gasteiger partial charge < -0.3 is 20.3 Å². The standard InChI is InChI=1S/C21H24N4O5/c1-22-19-10-9-17(25(28)29)13-18(19)21(27)30-14-20(26)23-15-5-7-16(8-6-15)24-11-3-2-4-12-24/h5-10,13,22H,2-4,11-12,14H2,1H3,(H,23,26). The van der Waals surface area contributed by atoms with E-state index in [1.54, 1.807) is 7.05 Å². The number of nitrogens with zero attached hydrogens (tertiary/aromatic N) is 2. The van der Waals surface area contributed by atoms with Gasteiger partial charge in [-0.3, -0.25) is 14.9 Å². The number of piperidine rings is 1. The van der Waals surface area contributed by atoms with Crippen LogP contribution in [-0.2, 0) is 9.53 Å². The maximum atomic E-state index is 12.3. The molecule has 9 nitrogen and oxygen atoms in total. The summed E-state index contributed by atoms with van der Waals surface area (Å²) in [5.41, 5.74) is 1.84. The SMILES string of the molecule is CNc1ccc([N+](=O)[O-])cc1C(=O)OCC(=O)Nc1ccc(N2CCCCC2)cc1. The monoisotopic (exact) mass is 412 g/mol. The van der Waals surface area contributed by atoms with E-state index in [0.717, 1.165) is 24.8 Å². The lowest BCUT2D eigenvalue weighted by Gasteiger charge is -2.28. The molecule has 1 saturated heterocycles. The molecule has 0 aromatic heterocycles. The molecule has 1 fully saturated rings. The molecule has 1 aliphatic heterocycles. The molecule has 0 atom stereocenters. The fourth-order valence-electron chi connectivity index (χ4n) is 3.35. The summed E-state index contributed by atoms with van der Waals surface area (Å²) < 4.78 is 5.04. The molecule has 9 heteroatoms. The smallest absolute Gasteiger partial charge is 0.341 e. The van der Waals surface area contributed by atoms with Gasteiger partial charge in [-0.2, -0.15) is 0 Å². The average molecular weight is 412 g/mol. The van der Waals surface area contributed by atoms with Crippen molar-refractivity contribution < 1.29 is 19.2 Å². The number of nitro benzene ring substituents is 1. The molecule has 158 valence electrons. The number of carbonyl (C=O) groups is 2. The van der Waals surface area contributed by atoms with Gasteiger partial charge in [0, 0.05) is 49.3 Å². The fraction of sp³-hybridized carbons (Fsp3) is 0.333. The third-order valence-corrected chi connectivity index (χ3v) is 4.91. The van der Waals surface area contributed by atoms with Crippen molar-refractivity contribution in [2.24, 2.45) is 0 Å². The maximum absolute atomic E-state index is 12.3. The molecular formula is C21H24N4O5. The van der Waals surface area contributed by atoms with Crippen LogP contribution in [0.15, 0.2) is 42.5 Å². The Kier molecular flexibility index (Phi) is 6.84. The fourth-order valence-corrected chi connectivity index (χ4v) is 3.35. The van der Waals surface area contributed by atoms with Crippen LogP contribution in [0.5, 0.6) is 0 Å². The number of non-ortho nitro benzene ring substituents is 1. The predicted octanol–water partition coefficient (Wildman–Crippen LogP) is 3.42. The van der Waals surface area contributed by atoms with Crippen molar-refractivity contribution in [1.29, 1.82) is 0 Å². The van der Waals surface area contributed by atoms with E-state index < -0.39 is 23.4 Å². The van der Waals surface area contributed by atoms with Gasteiger partial charge in [-0.1, -0.05) is 0 Å². The number of esters is 1. The Morgan fingerprint density at radius 1 is 1.10 bits per heavy atom. The van der Waals surface area contributed by atoms with Crippen molar-refractivity contribution in [3.05, 3.63) is 58.1 Å². The molecule has 2 N–H and O–H groups in total. The van der Waals surface area contributed by atoms with Gasteiger partial charge in [-0.15, -0.1) is 0 Å². The highest BCUT2D eigenvalue weighted by atomic mass is 16.6. The summed E-state index contributed by atoms with van der Waals surface area (Å²) >= 11 is 0. The minimum Gasteiger partial charge on any atom is -0.452 e. The van der Waals surface area contributed by atoms with Gasteiger partial charge >= 0.3 is 5.97 Å². The summed E-state index contributed by atoms with van der Waals surface area (Å²) in [6, 6.07) is 11.3. The van der Waals surface area contributed by atoms with E-state index in [1.165, 1.54) is 31.4 Å². The minimum atomic E-state index is -0.821. The van der Waals surface area contributed by atoms with Gasteiger partial charge in [0.05, 0.1) is 10.5 Å². The van der Waals surface area contributed by atoms with E-state index in [0.29, 0.717) is 11.4 Å². The molecule has 0 saturated carbocycles. The molecule has 3 rings (SSSR count). The van der Waals surface area contributed by atoms with Crippen LogP contribution in [0.4, 0.5) is 22.7 Å². The topological polar surface area (TPSA) is 114 Å². The van der Waals surface area contributed by atoms with E-state index in [-0.39, 0.29) is 11.3 Å². The first-order valence-electron chi connectivity index (χ1n) is 9.76. The summed E-state index contributed by atoms with van der Waals surface area (Å²) in [5.74, 6) is -1.32. The first kappa shape index (κ1) is 21.1. The van der Waals surface area contributed by atoms with Crippen molar-refractivity contribution in [3.8, 4) is 0 Å². The zero-order valence-corrected chi connectivity index (χ0v) is 16.7. The van der Waals surface area contributed by atoms with Crippen molar-refractivity contribution in [2.75, 3.05) is 42.3 Å². The normalized spacial score (nSPS) is 13.4. The molecule has 30 heavy (non-hydrogen) atoms. The quantitative estimate of drug-likeness (QED) is 0.407. The van der Waals surface area contributed by atoms with Gasteiger partial charge in [0.1, 0.15) is 0 Å². The second kappa shape index (κ2) is 9.73. The van der Waals surface area contributed by atoms with Crippen LogP contribution in [0.3, 0.4) is 0 Å². The molecule has 1 amide bonds. The Bertz CT molecular complexity index is 923. The first-order valence-corrected chi connectivity index (χ1v) is 9.76. The van der Waals surface area contributed by atoms with Crippen molar-refractivity contribution >= 4 is 34.6 Å². The van der Waals surface area contributed by atoms with Gasteiger partial charge in [-0.25, -0.2) is 4.79 Å². The van der Waals surface area contributed by atoms with Gasteiger partial charge in [0.15, 0.2) is 6.61 Å². The molecule has 1 heterocycles. The molecule has 0 spiro atoms. The number of nitro groups is 1. The Balaban J connectivity index is 1.56. The second-order valence-electron chi connectivity index (χ2n) is 6.96.